The molecule has 25 heavy (non-hydrogen) atoms. The van der Waals surface area contributed by atoms with Crippen LogP contribution in [0.25, 0.3) is 0 Å². The van der Waals surface area contributed by atoms with Crippen molar-refractivity contribution in [3.8, 4) is 5.75 Å². The maximum absolute atomic E-state index is 13.5. The Morgan fingerprint density at radius 3 is 1.96 bits per heavy atom. The number of hydrogen-bond acceptors (Lipinski definition) is 4. The molecule has 136 valence electrons. The first-order valence-electron chi connectivity index (χ1n) is 7.23. The third-order valence-electron chi connectivity index (χ3n) is 3.82. The van der Waals surface area contributed by atoms with Crippen molar-refractivity contribution in [2.45, 2.75) is 23.6 Å². The highest BCUT2D eigenvalue weighted by Crippen LogP contribution is 2.41. The Bertz CT molecular complexity index is 828. The molecule has 0 bridgehead atoms. The fourth-order valence-electron chi connectivity index (χ4n) is 2.30. The largest absolute Gasteiger partial charge is 0.497 e. The van der Waals surface area contributed by atoms with Crippen molar-refractivity contribution in [3.63, 3.8) is 0 Å². The second-order valence-corrected chi connectivity index (χ2v) is 7.65. The van der Waals surface area contributed by atoms with Crippen LogP contribution in [0, 0.1) is 6.92 Å². The first kappa shape index (κ1) is 19.3. The maximum atomic E-state index is 13.5. The lowest BCUT2D eigenvalue weighted by atomic mass is 9.95. The molecule has 0 saturated carbocycles. The number of aryl methyl sites for hydroxylation is 1. The lowest BCUT2D eigenvalue weighted by molar-refractivity contribution is -0.257. The van der Waals surface area contributed by atoms with Gasteiger partial charge in [-0.2, -0.15) is 13.2 Å². The van der Waals surface area contributed by atoms with Crippen molar-refractivity contribution in [1.82, 2.24) is 0 Å². The summed E-state index contributed by atoms with van der Waals surface area (Å²) in [6.07, 6.45) is -5.18. The fraction of sp³-hybridized carbons (Fsp3) is 0.294. The van der Waals surface area contributed by atoms with E-state index < -0.39 is 32.9 Å². The van der Waals surface area contributed by atoms with E-state index in [0.29, 0.717) is 0 Å². The highest BCUT2D eigenvalue weighted by molar-refractivity contribution is 7.91. The van der Waals surface area contributed by atoms with Gasteiger partial charge in [0.25, 0.3) is 0 Å². The van der Waals surface area contributed by atoms with Crippen molar-refractivity contribution in [3.05, 3.63) is 59.7 Å². The summed E-state index contributed by atoms with van der Waals surface area (Å²) in [5, 5.41) is 10.3. The number of halogens is 3. The number of hydrogen-bond donors (Lipinski definition) is 1. The summed E-state index contributed by atoms with van der Waals surface area (Å²) in [6, 6.07) is 9.84. The lowest BCUT2D eigenvalue weighted by Crippen LogP contribution is -2.47. The van der Waals surface area contributed by atoms with E-state index in [1.54, 1.807) is 6.92 Å². The van der Waals surface area contributed by atoms with E-state index in [2.05, 4.69) is 0 Å². The van der Waals surface area contributed by atoms with Gasteiger partial charge in [0.2, 0.25) is 0 Å². The highest BCUT2D eigenvalue weighted by Gasteiger charge is 2.57. The van der Waals surface area contributed by atoms with Crippen LogP contribution in [-0.2, 0) is 15.4 Å². The molecule has 0 aliphatic carbocycles. The molecule has 1 N–H and O–H groups in total. The zero-order valence-electron chi connectivity index (χ0n) is 13.5. The van der Waals surface area contributed by atoms with E-state index in [0.717, 1.165) is 17.7 Å². The quantitative estimate of drug-likeness (QED) is 0.873. The van der Waals surface area contributed by atoms with Crippen molar-refractivity contribution < 1.29 is 31.4 Å². The molecule has 2 aromatic rings. The first-order chi connectivity index (χ1) is 11.5. The fourth-order valence-corrected chi connectivity index (χ4v) is 3.90. The summed E-state index contributed by atoms with van der Waals surface area (Å²) in [4.78, 5) is -0.283. The van der Waals surface area contributed by atoms with Crippen molar-refractivity contribution >= 4 is 9.84 Å². The minimum Gasteiger partial charge on any atom is -0.497 e. The number of alkyl halides is 3. The van der Waals surface area contributed by atoms with Crippen LogP contribution < -0.4 is 4.74 Å². The number of methoxy groups -OCH3 is 1. The third-order valence-corrected chi connectivity index (χ3v) is 5.60. The standard InChI is InChI=1S/C17H17F3O4S/c1-12-3-9-15(10-4-12)25(22,23)11-16(21,17(18,19)20)13-5-7-14(24-2)8-6-13/h3-10,21H,11H2,1-2H3. The number of benzene rings is 2. The van der Waals surface area contributed by atoms with Crippen LogP contribution in [0.3, 0.4) is 0 Å². The van der Waals surface area contributed by atoms with Gasteiger partial charge < -0.3 is 9.84 Å². The maximum Gasteiger partial charge on any atom is 0.422 e. The van der Waals surface area contributed by atoms with Crippen LogP contribution >= 0.6 is 0 Å². The number of ether oxygens (including phenoxy) is 1. The number of sulfone groups is 1. The molecule has 0 radical (unpaired) electrons. The molecule has 0 heterocycles. The third kappa shape index (κ3) is 3.96. The van der Waals surface area contributed by atoms with Gasteiger partial charge in [-0.15, -0.1) is 0 Å². The second-order valence-electron chi connectivity index (χ2n) is 5.66. The van der Waals surface area contributed by atoms with Gasteiger partial charge >= 0.3 is 6.18 Å². The Hall–Kier alpha value is -2.06. The van der Waals surface area contributed by atoms with E-state index in [1.807, 2.05) is 0 Å². The van der Waals surface area contributed by atoms with Crippen LogP contribution in [-0.4, -0.2) is 32.6 Å². The molecule has 0 aromatic heterocycles. The minimum atomic E-state index is -5.18. The molecule has 0 aliphatic rings. The van der Waals surface area contributed by atoms with Crippen molar-refractivity contribution in [2.75, 3.05) is 12.9 Å². The Morgan fingerprint density at radius 1 is 1.00 bits per heavy atom. The Labute approximate surface area is 143 Å². The summed E-state index contributed by atoms with van der Waals surface area (Å²) in [6.45, 7) is 1.72. The van der Waals surface area contributed by atoms with Gasteiger partial charge in [-0.3, -0.25) is 0 Å². The van der Waals surface area contributed by atoms with Gasteiger partial charge in [-0.25, -0.2) is 8.42 Å². The van der Waals surface area contributed by atoms with Crippen LogP contribution in [0.2, 0.25) is 0 Å². The topological polar surface area (TPSA) is 63.6 Å². The highest BCUT2D eigenvalue weighted by atomic mass is 32.2. The summed E-state index contributed by atoms with van der Waals surface area (Å²) in [5.74, 6) is -1.23. The molecule has 0 spiro atoms. The molecule has 0 aliphatic heterocycles. The molecule has 8 heteroatoms. The zero-order chi connectivity index (χ0) is 18.9. The Kier molecular flexibility index (Phi) is 5.15. The number of aliphatic hydroxyl groups is 1. The molecule has 0 amide bonds. The molecule has 0 saturated heterocycles. The molecular formula is C17H17F3O4S. The van der Waals surface area contributed by atoms with Gasteiger partial charge in [0, 0.05) is 0 Å². The zero-order valence-corrected chi connectivity index (χ0v) is 14.4. The summed E-state index contributed by atoms with van der Waals surface area (Å²) in [5.41, 5.74) is -3.35. The number of rotatable bonds is 5. The average Bonchev–Trinajstić information content (AvgIpc) is 2.54. The van der Waals surface area contributed by atoms with E-state index in [-0.39, 0.29) is 10.6 Å². The van der Waals surface area contributed by atoms with Crippen LogP contribution in [0.5, 0.6) is 5.75 Å². The molecule has 2 rings (SSSR count). The normalized spacial score (nSPS) is 14.8. The van der Waals surface area contributed by atoms with Gasteiger partial charge in [-0.05, 0) is 36.8 Å². The molecular weight excluding hydrogens is 357 g/mol. The minimum absolute atomic E-state index is 0.283. The van der Waals surface area contributed by atoms with E-state index in [1.165, 1.54) is 43.5 Å². The van der Waals surface area contributed by atoms with Crippen LogP contribution in [0.1, 0.15) is 11.1 Å². The van der Waals surface area contributed by atoms with Crippen LogP contribution in [0.15, 0.2) is 53.4 Å². The van der Waals surface area contributed by atoms with Crippen molar-refractivity contribution in [2.24, 2.45) is 0 Å². The molecule has 4 nitrogen and oxygen atoms in total. The average molecular weight is 374 g/mol. The molecule has 1 unspecified atom stereocenters. The van der Waals surface area contributed by atoms with Gasteiger partial charge in [0.05, 0.1) is 17.8 Å². The van der Waals surface area contributed by atoms with E-state index in [4.69, 9.17) is 4.74 Å². The van der Waals surface area contributed by atoms with Gasteiger partial charge in [0.15, 0.2) is 15.4 Å². The lowest BCUT2D eigenvalue weighted by Gasteiger charge is -2.30. The molecule has 1 atom stereocenters. The molecule has 2 aromatic carbocycles. The van der Waals surface area contributed by atoms with E-state index in [9.17, 15) is 26.7 Å². The Balaban J connectivity index is 2.48. The van der Waals surface area contributed by atoms with Gasteiger partial charge in [0.1, 0.15) is 5.75 Å². The summed E-state index contributed by atoms with van der Waals surface area (Å²) in [7, 11) is -3.04. The Morgan fingerprint density at radius 2 is 1.52 bits per heavy atom. The van der Waals surface area contributed by atoms with Gasteiger partial charge in [-0.1, -0.05) is 29.8 Å². The molecule has 0 fully saturated rings. The predicted octanol–water partition coefficient (Wildman–Crippen LogP) is 3.23. The van der Waals surface area contributed by atoms with Crippen LogP contribution in [0.4, 0.5) is 13.2 Å². The second kappa shape index (κ2) is 6.68. The smallest absolute Gasteiger partial charge is 0.422 e. The first-order valence-corrected chi connectivity index (χ1v) is 8.88. The summed E-state index contributed by atoms with van der Waals surface area (Å²) < 4.78 is 70.3. The van der Waals surface area contributed by atoms with Crippen molar-refractivity contribution in [1.29, 1.82) is 0 Å². The van der Waals surface area contributed by atoms with E-state index >= 15 is 0 Å². The SMILES string of the molecule is COc1ccc(C(O)(CS(=O)(=O)c2ccc(C)cc2)C(F)(F)F)cc1. The monoisotopic (exact) mass is 374 g/mol. The summed E-state index contributed by atoms with van der Waals surface area (Å²) >= 11 is 0. The predicted molar refractivity (Wildman–Crippen MR) is 86.2 cm³/mol.